The van der Waals surface area contributed by atoms with Gasteiger partial charge >= 0.3 is 0 Å². The fourth-order valence-corrected chi connectivity index (χ4v) is 3.13. The van der Waals surface area contributed by atoms with Gasteiger partial charge < -0.3 is 15.1 Å². The lowest BCUT2D eigenvalue weighted by atomic mass is 9.90. The summed E-state index contributed by atoms with van der Waals surface area (Å²) in [4.78, 5) is 16.2. The first-order valence-corrected chi connectivity index (χ1v) is 8.43. The lowest BCUT2D eigenvalue weighted by Crippen LogP contribution is -2.08. The molecule has 0 spiro atoms. The molecule has 5 heteroatoms. The normalized spacial score (nSPS) is 11.4. The predicted octanol–water partition coefficient (Wildman–Crippen LogP) is 3.76. The summed E-state index contributed by atoms with van der Waals surface area (Å²) < 4.78 is 0. The number of aromatic hydroxyl groups is 1. The third kappa shape index (κ3) is 2.82. The first-order chi connectivity index (χ1) is 11.5. The van der Waals surface area contributed by atoms with Crippen molar-refractivity contribution in [3.8, 4) is 5.75 Å². The van der Waals surface area contributed by atoms with Crippen LogP contribution in [0.15, 0.2) is 24.3 Å². The number of nitrogens with zero attached hydrogens (tertiary/aromatic N) is 2. The van der Waals surface area contributed by atoms with Crippen molar-refractivity contribution < 1.29 is 5.11 Å². The van der Waals surface area contributed by atoms with Crippen molar-refractivity contribution in [3.63, 3.8) is 0 Å². The summed E-state index contributed by atoms with van der Waals surface area (Å²) in [7, 11) is 0. The Morgan fingerprint density at radius 3 is 1.83 bits per heavy atom. The smallest absolute Gasteiger partial charge is 0.119 e. The molecular weight excluding hydrogens is 300 g/mol. The Bertz CT molecular complexity index is 799. The molecule has 0 saturated heterocycles. The lowest BCUT2D eigenvalue weighted by molar-refractivity contribution is 0.466. The van der Waals surface area contributed by atoms with Gasteiger partial charge in [0.05, 0.1) is 17.3 Å². The van der Waals surface area contributed by atoms with Crippen LogP contribution >= 0.6 is 0 Å². The van der Waals surface area contributed by atoms with E-state index >= 15 is 0 Å². The Morgan fingerprint density at radius 2 is 1.42 bits per heavy atom. The summed E-state index contributed by atoms with van der Waals surface area (Å²) >= 11 is 0. The third-order valence-corrected chi connectivity index (χ3v) is 4.41. The van der Waals surface area contributed by atoms with Crippen LogP contribution in [0.5, 0.6) is 5.75 Å². The van der Waals surface area contributed by atoms with Gasteiger partial charge in [0.15, 0.2) is 0 Å². The molecule has 126 valence electrons. The van der Waals surface area contributed by atoms with Gasteiger partial charge in [-0.1, -0.05) is 32.0 Å². The number of phenolic OH excluding ortho intramolecular Hbond substituents is 1. The molecule has 0 saturated carbocycles. The van der Waals surface area contributed by atoms with E-state index in [1.807, 2.05) is 32.0 Å². The van der Waals surface area contributed by atoms with Gasteiger partial charge in [-0.15, -0.1) is 0 Å². The summed E-state index contributed by atoms with van der Waals surface area (Å²) in [5, 5.41) is 10.4. The molecule has 0 aliphatic heterocycles. The van der Waals surface area contributed by atoms with Crippen molar-refractivity contribution in [1.82, 2.24) is 19.9 Å². The molecule has 3 N–H and O–H groups in total. The Morgan fingerprint density at radius 1 is 0.917 bits per heavy atom. The van der Waals surface area contributed by atoms with Crippen LogP contribution in [-0.4, -0.2) is 25.0 Å². The zero-order valence-corrected chi connectivity index (χ0v) is 14.6. The second-order valence-corrected chi connectivity index (χ2v) is 6.09. The number of phenols is 1. The van der Waals surface area contributed by atoms with Gasteiger partial charge in [0.25, 0.3) is 0 Å². The fraction of sp³-hybridized carbons (Fsp3) is 0.368. The average Bonchev–Trinajstić information content (AvgIpc) is 3.13. The molecule has 2 heterocycles. The van der Waals surface area contributed by atoms with Gasteiger partial charge in [-0.25, -0.2) is 9.97 Å². The average molecular weight is 324 g/mol. The van der Waals surface area contributed by atoms with Crippen molar-refractivity contribution in [1.29, 1.82) is 0 Å². The van der Waals surface area contributed by atoms with Crippen LogP contribution in [0.3, 0.4) is 0 Å². The second-order valence-electron chi connectivity index (χ2n) is 6.09. The first kappa shape index (κ1) is 16.3. The minimum absolute atomic E-state index is 0.195. The number of imidazole rings is 2. The Kier molecular flexibility index (Phi) is 4.42. The third-order valence-electron chi connectivity index (χ3n) is 4.41. The van der Waals surface area contributed by atoms with Crippen LogP contribution in [-0.2, 0) is 12.8 Å². The molecule has 0 aliphatic carbocycles. The molecule has 0 aliphatic rings. The molecule has 1 aromatic carbocycles. The van der Waals surface area contributed by atoms with Crippen LogP contribution in [0.1, 0.15) is 59.8 Å². The molecule has 2 aromatic heterocycles. The van der Waals surface area contributed by atoms with Crippen LogP contribution in [0.25, 0.3) is 0 Å². The number of para-hydroxylation sites is 1. The van der Waals surface area contributed by atoms with Crippen molar-refractivity contribution >= 4 is 0 Å². The zero-order valence-electron chi connectivity index (χ0n) is 14.6. The van der Waals surface area contributed by atoms with Gasteiger partial charge in [-0.2, -0.15) is 0 Å². The van der Waals surface area contributed by atoms with E-state index in [-0.39, 0.29) is 11.7 Å². The Balaban J connectivity index is 2.22. The van der Waals surface area contributed by atoms with E-state index in [0.29, 0.717) is 0 Å². The highest BCUT2D eigenvalue weighted by atomic mass is 16.3. The van der Waals surface area contributed by atoms with Crippen LogP contribution < -0.4 is 0 Å². The number of benzene rings is 1. The Labute approximate surface area is 142 Å². The maximum atomic E-state index is 10.4. The molecule has 0 radical (unpaired) electrons. The Hall–Kier alpha value is -2.56. The van der Waals surface area contributed by atoms with Crippen molar-refractivity contribution in [2.75, 3.05) is 0 Å². The monoisotopic (exact) mass is 324 g/mol. The minimum atomic E-state index is -0.195. The van der Waals surface area contributed by atoms with E-state index in [0.717, 1.165) is 52.8 Å². The number of hydrogen-bond donors (Lipinski definition) is 3. The van der Waals surface area contributed by atoms with Crippen LogP contribution in [0.4, 0.5) is 0 Å². The number of H-pyrrole nitrogens is 2. The molecular formula is C19H24N4O. The molecule has 24 heavy (non-hydrogen) atoms. The van der Waals surface area contributed by atoms with E-state index in [2.05, 4.69) is 23.8 Å². The predicted molar refractivity (Wildman–Crippen MR) is 94.5 cm³/mol. The quantitative estimate of drug-likeness (QED) is 0.668. The van der Waals surface area contributed by atoms with Crippen LogP contribution in [0.2, 0.25) is 0 Å². The fourth-order valence-electron chi connectivity index (χ4n) is 3.13. The van der Waals surface area contributed by atoms with Gasteiger partial charge in [0.1, 0.15) is 17.4 Å². The van der Waals surface area contributed by atoms with Gasteiger partial charge in [0.2, 0.25) is 0 Å². The van der Waals surface area contributed by atoms with Crippen LogP contribution in [0, 0.1) is 13.8 Å². The molecule has 0 fully saturated rings. The largest absolute Gasteiger partial charge is 0.508 e. The van der Waals surface area contributed by atoms with Crippen molar-refractivity contribution in [2.45, 2.75) is 46.5 Å². The molecule has 0 amide bonds. The minimum Gasteiger partial charge on any atom is -0.508 e. The van der Waals surface area contributed by atoms with E-state index in [4.69, 9.17) is 9.97 Å². The summed E-state index contributed by atoms with van der Waals surface area (Å²) in [5.74, 6) is 1.97. The SMILES string of the molecule is CCc1nc(C(c2ccccc2O)c2nc(CC)[nH]c2C)c(C)[nH]1. The number of aryl methyl sites for hydroxylation is 4. The molecule has 0 unspecified atom stereocenters. The maximum Gasteiger partial charge on any atom is 0.119 e. The molecule has 0 atom stereocenters. The van der Waals surface area contributed by atoms with E-state index in [1.165, 1.54) is 0 Å². The molecule has 3 rings (SSSR count). The first-order valence-electron chi connectivity index (χ1n) is 8.43. The maximum absolute atomic E-state index is 10.4. The van der Waals surface area contributed by atoms with Crippen molar-refractivity contribution in [3.05, 3.63) is 64.3 Å². The molecule has 5 nitrogen and oxygen atoms in total. The highest BCUT2D eigenvalue weighted by molar-refractivity contribution is 5.47. The van der Waals surface area contributed by atoms with E-state index in [9.17, 15) is 5.11 Å². The number of aromatic nitrogens is 4. The highest BCUT2D eigenvalue weighted by Crippen LogP contribution is 2.37. The number of hydrogen-bond acceptors (Lipinski definition) is 3. The zero-order chi connectivity index (χ0) is 17.3. The van der Waals surface area contributed by atoms with Crippen molar-refractivity contribution in [2.24, 2.45) is 0 Å². The summed E-state index contributed by atoms with van der Waals surface area (Å²) in [5.41, 5.74) is 4.70. The van der Waals surface area contributed by atoms with E-state index < -0.39 is 0 Å². The number of rotatable bonds is 5. The second kappa shape index (κ2) is 6.51. The van der Waals surface area contributed by atoms with E-state index in [1.54, 1.807) is 6.07 Å². The summed E-state index contributed by atoms with van der Waals surface area (Å²) in [6.07, 6.45) is 1.68. The van der Waals surface area contributed by atoms with Gasteiger partial charge in [-0.05, 0) is 19.9 Å². The van der Waals surface area contributed by atoms with Gasteiger partial charge in [-0.3, -0.25) is 0 Å². The lowest BCUT2D eigenvalue weighted by Gasteiger charge is -2.17. The standard InChI is InChI=1S/C19H24N4O/c1-5-15-20-11(3)18(22-15)17(13-9-7-8-10-14(13)24)19-12(4)21-16(6-2)23-19/h7-10,17,24H,5-6H2,1-4H3,(H,20,22)(H,21,23). The van der Waals surface area contributed by atoms with Gasteiger partial charge in [0, 0.05) is 29.8 Å². The molecule has 0 bridgehead atoms. The number of nitrogens with one attached hydrogen (secondary N) is 2. The summed E-state index contributed by atoms with van der Waals surface area (Å²) in [6.45, 7) is 8.20. The molecule has 3 aromatic rings. The topological polar surface area (TPSA) is 77.6 Å². The number of aromatic amines is 2. The summed E-state index contributed by atoms with van der Waals surface area (Å²) in [6, 6.07) is 7.43. The highest BCUT2D eigenvalue weighted by Gasteiger charge is 2.28.